The Kier molecular flexibility index (Phi) is 4.78. The van der Waals surface area contributed by atoms with Gasteiger partial charge in [0.1, 0.15) is 6.54 Å². The number of benzene rings is 1. The van der Waals surface area contributed by atoms with Crippen molar-refractivity contribution in [3.63, 3.8) is 0 Å². The standard InChI is InChI=1S/C23H25N7O/c1-14-6-15(7-16-11-29(3)5-4-18(14)16)21-8-19-20(10-25-23(19)28-27-21)17-9-26-30(12-17)13-22(31)24-2/h6-10,12H,4-5,11,13H2,1-3H3,(H,24,31)(H,25,28). The van der Waals surface area contributed by atoms with E-state index in [1.54, 1.807) is 17.9 Å². The van der Waals surface area contributed by atoms with Crippen molar-refractivity contribution >= 4 is 16.9 Å². The molecule has 0 atom stereocenters. The number of aromatic nitrogens is 5. The van der Waals surface area contributed by atoms with Gasteiger partial charge in [-0.25, -0.2) is 0 Å². The molecule has 0 aliphatic carbocycles. The number of rotatable bonds is 4. The minimum Gasteiger partial charge on any atom is -0.358 e. The van der Waals surface area contributed by atoms with Crippen LogP contribution in [0.5, 0.6) is 0 Å². The summed E-state index contributed by atoms with van der Waals surface area (Å²) >= 11 is 0. The highest BCUT2D eigenvalue weighted by Crippen LogP contribution is 2.32. The lowest BCUT2D eigenvalue weighted by Gasteiger charge is -2.27. The van der Waals surface area contributed by atoms with Gasteiger partial charge in [-0.3, -0.25) is 9.48 Å². The van der Waals surface area contributed by atoms with E-state index in [2.05, 4.69) is 62.7 Å². The number of nitrogens with one attached hydrogen (secondary N) is 2. The van der Waals surface area contributed by atoms with E-state index < -0.39 is 0 Å². The molecule has 158 valence electrons. The summed E-state index contributed by atoms with van der Waals surface area (Å²) in [5, 5.41) is 16.8. The number of carbonyl (C=O) groups is 1. The molecule has 1 amide bonds. The molecule has 3 aromatic heterocycles. The van der Waals surface area contributed by atoms with Crippen LogP contribution >= 0.6 is 0 Å². The van der Waals surface area contributed by atoms with E-state index in [9.17, 15) is 4.79 Å². The molecule has 1 aliphatic heterocycles. The highest BCUT2D eigenvalue weighted by Gasteiger charge is 2.18. The predicted octanol–water partition coefficient (Wildman–Crippen LogP) is 2.53. The maximum atomic E-state index is 11.6. The fourth-order valence-electron chi connectivity index (χ4n) is 4.33. The van der Waals surface area contributed by atoms with Crippen LogP contribution in [0.15, 0.2) is 36.8 Å². The van der Waals surface area contributed by atoms with Gasteiger partial charge in [0.15, 0.2) is 5.65 Å². The molecule has 8 heteroatoms. The SMILES string of the molecule is CNC(=O)Cn1cc(-c2c[nH]c3nnc(-c4cc(C)c5c(c4)CN(C)CC5)cc23)cn1. The van der Waals surface area contributed by atoms with E-state index in [1.165, 1.54) is 16.7 Å². The number of likely N-dealkylation sites (N-methyl/N-ethyl adjacent to an activating group) is 2. The molecule has 1 aromatic carbocycles. The van der Waals surface area contributed by atoms with E-state index in [1.807, 2.05) is 12.4 Å². The Morgan fingerprint density at radius 3 is 2.94 bits per heavy atom. The third kappa shape index (κ3) is 3.59. The van der Waals surface area contributed by atoms with Gasteiger partial charge in [0.2, 0.25) is 5.91 Å². The van der Waals surface area contributed by atoms with E-state index in [4.69, 9.17) is 0 Å². The summed E-state index contributed by atoms with van der Waals surface area (Å²) in [4.78, 5) is 17.2. The summed E-state index contributed by atoms with van der Waals surface area (Å²) in [7, 11) is 3.78. The van der Waals surface area contributed by atoms with Gasteiger partial charge in [-0.2, -0.15) is 5.10 Å². The van der Waals surface area contributed by atoms with Crippen molar-refractivity contribution < 1.29 is 4.79 Å². The largest absolute Gasteiger partial charge is 0.358 e. The molecule has 8 nitrogen and oxygen atoms in total. The van der Waals surface area contributed by atoms with Crippen LogP contribution in [0, 0.1) is 6.92 Å². The molecule has 4 heterocycles. The van der Waals surface area contributed by atoms with Crippen LogP contribution in [0.4, 0.5) is 0 Å². The third-order valence-electron chi connectivity index (χ3n) is 6.01. The Morgan fingerprint density at radius 1 is 1.23 bits per heavy atom. The predicted molar refractivity (Wildman–Crippen MR) is 119 cm³/mol. The van der Waals surface area contributed by atoms with E-state index in [0.29, 0.717) is 0 Å². The second-order valence-corrected chi connectivity index (χ2v) is 8.21. The van der Waals surface area contributed by atoms with Gasteiger partial charge in [0, 0.05) is 54.6 Å². The lowest BCUT2D eigenvalue weighted by atomic mass is 9.92. The van der Waals surface area contributed by atoms with Gasteiger partial charge < -0.3 is 15.2 Å². The van der Waals surface area contributed by atoms with Gasteiger partial charge in [0.05, 0.1) is 11.9 Å². The fraction of sp³-hybridized carbons (Fsp3) is 0.304. The molecule has 4 aromatic rings. The summed E-state index contributed by atoms with van der Waals surface area (Å²) in [5.41, 5.74) is 8.73. The summed E-state index contributed by atoms with van der Waals surface area (Å²) < 4.78 is 1.63. The Balaban J connectivity index is 1.54. The number of hydrogen-bond donors (Lipinski definition) is 2. The normalized spacial score (nSPS) is 14.0. The van der Waals surface area contributed by atoms with Crippen LogP contribution in [0.3, 0.4) is 0 Å². The van der Waals surface area contributed by atoms with Crippen LogP contribution in [-0.2, 0) is 24.3 Å². The summed E-state index contributed by atoms with van der Waals surface area (Å²) in [5.74, 6) is -0.0878. The van der Waals surface area contributed by atoms with Crippen LogP contribution in [-0.4, -0.2) is 56.4 Å². The quantitative estimate of drug-likeness (QED) is 0.534. The molecule has 0 radical (unpaired) electrons. The van der Waals surface area contributed by atoms with Gasteiger partial charge in [0.25, 0.3) is 0 Å². The van der Waals surface area contributed by atoms with Gasteiger partial charge >= 0.3 is 0 Å². The molecule has 31 heavy (non-hydrogen) atoms. The Hall–Kier alpha value is -3.52. The number of aryl methyl sites for hydroxylation is 1. The van der Waals surface area contributed by atoms with Crippen molar-refractivity contribution in [2.24, 2.45) is 0 Å². The molecular weight excluding hydrogens is 390 g/mol. The van der Waals surface area contributed by atoms with Crippen molar-refractivity contribution in [3.05, 3.63) is 53.5 Å². The van der Waals surface area contributed by atoms with Crippen LogP contribution in [0.2, 0.25) is 0 Å². The van der Waals surface area contributed by atoms with Crippen LogP contribution in [0.1, 0.15) is 16.7 Å². The zero-order valence-electron chi connectivity index (χ0n) is 17.9. The van der Waals surface area contributed by atoms with Crippen molar-refractivity contribution in [2.75, 3.05) is 20.6 Å². The van der Waals surface area contributed by atoms with E-state index in [0.717, 1.165) is 52.9 Å². The molecule has 0 fully saturated rings. The highest BCUT2D eigenvalue weighted by molar-refractivity contribution is 5.94. The first-order valence-electron chi connectivity index (χ1n) is 10.4. The fourth-order valence-corrected chi connectivity index (χ4v) is 4.33. The number of nitrogens with zero attached hydrogens (tertiary/aromatic N) is 5. The van der Waals surface area contributed by atoms with Crippen LogP contribution in [0.25, 0.3) is 33.4 Å². The first-order chi connectivity index (χ1) is 15.0. The van der Waals surface area contributed by atoms with E-state index in [-0.39, 0.29) is 12.5 Å². The molecule has 5 rings (SSSR count). The number of fused-ring (bicyclic) bond motifs is 2. The summed E-state index contributed by atoms with van der Waals surface area (Å²) in [6.45, 7) is 4.42. The Bertz CT molecular complexity index is 1290. The second-order valence-electron chi connectivity index (χ2n) is 8.21. The Labute approximate surface area is 180 Å². The number of aromatic amines is 1. The lowest BCUT2D eigenvalue weighted by Crippen LogP contribution is -2.27. The number of carbonyl (C=O) groups excluding carboxylic acids is 1. The minimum absolute atomic E-state index is 0.0878. The molecule has 2 N–H and O–H groups in total. The van der Waals surface area contributed by atoms with Gasteiger partial charge in [-0.15, -0.1) is 10.2 Å². The number of amides is 1. The highest BCUT2D eigenvalue weighted by atomic mass is 16.1. The second kappa shape index (κ2) is 7.63. The molecular formula is C23H25N7O. The molecule has 0 saturated carbocycles. The van der Waals surface area contributed by atoms with Gasteiger partial charge in [-0.05, 0) is 55.3 Å². The van der Waals surface area contributed by atoms with Crippen molar-refractivity contribution in [3.8, 4) is 22.4 Å². The minimum atomic E-state index is -0.0878. The van der Waals surface area contributed by atoms with E-state index >= 15 is 0 Å². The Morgan fingerprint density at radius 2 is 2.10 bits per heavy atom. The smallest absolute Gasteiger partial charge is 0.241 e. The first kappa shape index (κ1) is 19.4. The molecule has 0 saturated heterocycles. The third-order valence-corrected chi connectivity index (χ3v) is 6.01. The van der Waals surface area contributed by atoms with Crippen molar-refractivity contribution in [1.29, 1.82) is 0 Å². The topological polar surface area (TPSA) is 91.7 Å². The maximum absolute atomic E-state index is 11.6. The first-order valence-corrected chi connectivity index (χ1v) is 10.4. The number of H-pyrrole nitrogens is 1. The maximum Gasteiger partial charge on any atom is 0.241 e. The van der Waals surface area contributed by atoms with Crippen LogP contribution < -0.4 is 5.32 Å². The molecule has 1 aliphatic rings. The van der Waals surface area contributed by atoms with Gasteiger partial charge in [-0.1, -0.05) is 0 Å². The monoisotopic (exact) mass is 415 g/mol. The zero-order chi connectivity index (χ0) is 21.5. The zero-order valence-corrected chi connectivity index (χ0v) is 17.9. The summed E-state index contributed by atoms with van der Waals surface area (Å²) in [6.07, 6.45) is 6.64. The number of hydrogen-bond acceptors (Lipinski definition) is 5. The molecule has 0 unspecified atom stereocenters. The molecule has 0 bridgehead atoms. The average Bonchev–Trinajstić information content (AvgIpc) is 3.39. The molecule has 0 spiro atoms. The lowest BCUT2D eigenvalue weighted by molar-refractivity contribution is -0.121. The van der Waals surface area contributed by atoms with Crippen molar-refractivity contribution in [2.45, 2.75) is 26.4 Å². The van der Waals surface area contributed by atoms with Crippen molar-refractivity contribution in [1.82, 2.24) is 35.2 Å². The average molecular weight is 416 g/mol. The summed E-state index contributed by atoms with van der Waals surface area (Å²) in [6, 6.07) is 6.55.